The first-order valence-electron chi connectivity index (χ1n) is 8.91. The molecule has 4 bridgehead atoms. The second-order valence-electron chi connectivity index (χ2n) is 7.84. The minimum absolute atomic E-state index is 0.210. The van der Waals surface area contributed by atoms with Crippen LogP contribution in [-0.4, -0.2) is 23.1 Å². The van der Waals surface area contributed by atoms with Gasteiger partial charge in [-0.25, -0.2) is 9.59 Å². The Bertz CT molecular complexity index is 657. The smallest absolute Gasteiger partial charge is 0.336 e. The lowest BCUT2D eigenvalue weighted by molar-refractivity contribution is -0.00883. The second-order valence-corrected chi connectivity index (χ2v) is 7.84. The zero-order valence-electron chi connectivity index (χ0n) is 13.9. The molecule has 1 aromatic rings. The van der Waals surface area contributed by atoms with E-state index >= 15 is 0 Å². The van der Waals surface area contributed by atoms with Crippen LogP contribution in [0.4, 0.5) is 10.5 Å². The van der Waals surface area contributed by atoms with Crippen LogP contribution in [0.1, 0.15) is 48.0 Å². The summed E-state index contributed by atoms with van der Waals surface area (Å²) in [5, 5.41) is 15.2. The van der Waals surface area contributed by atoms with Gasteiger partial charge in [-0.2, -0.15) is 0 Å². The van der Waals surface area contributed by atoms with Gasteiger partial charge in [0.05, 0.1) is 5.56 Å². The lowest BCUT2D eigenvalue weighted by Gasteiger charge is -2.54. The second kappa shape index (κ2) is 5.80. The van der Waals surface area contributed by atoms with E-state index in [9.17, 15) is 14.7 Å². The van der Waals surface area contributed by atoms with Gasteiger partial charge in [0.25, 0.3) is 0 Å². The van der Waals surface area contributed by atoms with Crippen molar-refractivity contribution in [2.75, 3.05) is 5.32 Å². The Labute approximate surface area is 141 Å². The highest BCUT2D eigenvalue weighted by Crippen LogP contribution is 2.53. The molecule has 0 aromatic heterocycles. The maximum Gasteiger partial charge on any atom is 0.336 e. The molecule has 5 heteroatoms. The van der Waals surface area contributed by atoms with Crippen molar-refractivity contribution in [2.24, 2.45) is 23.7 Å². The molecule has 5 nitrogen and oxygen atoms in total. The van der Waals surface area contributed by atoms with Gasteiger partial charge in [-0.3, -0.25) is 0 Å². The Kier molecular flexibility index (Phi) is 3.74. The molecule has 5 rings (SSSR count). The Morgan fingerprint density at radius 2 is 1.67 bits per heavy atom. The molecule has 4 fully saturated rings. The van der Waals surface area contributed by atoms with Gasteiger partial charge < -0.3 is 15.7 Å². The lowest BCUT2D eigenvalue weighted by Crippen LogP contribution is -2.56. The molecule has 0 heterocycles. The highest BCUT2D eigenvalue weighted by molar-refractivity contribution is 5.95. The van der Waals surface area contributed by atoms with E-state index in [1.165, 1.54) is 32.1 Å². The topological polar surface area (TPSA) is 78.4 Å². The first-order valence-corrected chi connectivity index (χ1v) is 8.91. The van der Waals surface area contributed by atoms with Gasteiger partial charge in [0.15, 0.2) is 0 Å². The fraction of sp³-hybridized carbons (Fsp3) is 0.579. The molecule has 0 unspecified atom stereocenters. The number of carbonyl (C=O) groups excluding carboxylic acids is 1. The molecule has 1 aromatic carbocycles. The van der Waals surface area contributed by atoms with Crippen molar-refractivity contribution in [2.45, 2.75) is 45.1 Å². The summed E-state index contributed by atoms with van der Waals surface area (Å²) in [6, 6.07) is 5.03. The SMILES string of the molecule is Cc1c(NC(=O)NC2C3CC4CC(C3)CC2C4)cccc1C(=O)O. The van der Waals surface area contributed by atoms with Crippen LogP contribution in [0, 0.1) is 30.6 Å². The number of carboxylic acid groups (broad SMARTS) is 1. The van der Waals surface area contributed by atoms with Crippen LogP contribution >= 0.6 is 0 Å². The van der Waals surface area contributed by atoms with E-state index in [-0.39, 0.29) is 17.6 Å². The van der Waals surface area contributed by atoms with Crippen LogP contribution in [0.25, 0.3) is 0 Å². The number of hydrogen-bond acceptors (Lipinski definition) is 2. The van der Waals surface area contributed by atoms with E-state index in [0.717, 1.165) is 11.8 Å². The van der Waals surface area contributed by atoms with Crippen molar-refractivity contribution < 1.29 is 14.7 Å². The van der Waals surface area contributed by atoms with Crippen LogP contribution in [0.15, 0.2) is 18.2 Å². The third-order valence-corrected chi connectivity index (χ3v) is 6.34. The first kappa shape index (κ1) is 15.5. The van der Waals surface area contributed by atoms with Crippen LogP contribution in [0.2, 0.25) is 0 Å². The molecule has 0 aliphatic heterocycles. The number of anilines is 1. The van der Waals surface area contributed by atoms with E-state index < -0.39 is 5.97 Å². The molecule has 0 saturated heterocycles. The minimum Gasteiger partial charge on any atom is -0.478 e. The summed E-state index contributed by atoms with van der Waals surface area (Å²) < 4.78 is 0. The van der Waals surface area contributed by atoms with E-state index in [4.69, 9.17) is 0 Å². The highest BCUT2D eigenvalue weighted by atomic mass is 16.4. The number of rotatable bonds is 3. The predicted molar refractivity (Wildman–Crippen MR) is 91.1 cm³/mol. The Hall–Kier alpha value is -2.04. The molecule has 0 spiro atoms. The van der Waals surface area contributed by atoms with E-state index in [1.807, 2.05) is 0 Å². The number of amides is 2. The average molecular weight is 328 g/mol. The third kappa shape index (κ3) is 2.66. The summed E-state index contributed by atoms with van der Waals surface area (Å²) in [5.41, 5.74) is 1.38. The predicted octanol–water partition coefficient (Wildman–Crippen LogP) is 3.64. The molecule has 128 valence electrons. The first-order chi connectivity index (χ1) is 11.5. The number of carboxylic acids is 1. The molecular formula is C19H24N2O3. The number of benzene rings is 1. The van der Waals surface area contributed by atoms with Crippen molar-refractivity contribution in [1.29, 1.82) is 0 Å². The van der Waals surface area contributed by atoms with Gasteiger partial charge in [0, 0.05) is 11.7 Å². The Morgan fingerprint density at radius 1 is 1.04 bits per heavy atom. The van der Waals surface area contributed by atoms with Crippen molar-refractivity contribution in [3.8, 4) is 0 Å². The van der Waals surface area contributed by atoms with Crippen LogP contribution in [-0.2, 0) is 0 Å². The molecule has 0 atom stereocenters. The van der Waals surface area contributed by atoms with Crippen LogP contribution < -0.4 is 10.6 Å². The summed E-state index contributed by atoms with van der Waals surface area (Å²) in [6.45, 7) is 1.72. The molecule has 3 N–H and O–H groups in total. The minimum atomic E-state index is -0.974. The quantitative estimate of drug-likeness (QED) is 0.792. The average Bonchev–Trinajstić information content (AvgIpc) is 2.52. The molecule has 4 saturated carbocycles. The summed E-state index contributed by atoms with van der Waals surface area (Å²) >= 11 is 0. The molecule has 2 amide bonds. The van der Waals surface area contributed by atoms with Gasteiger partial charge in [-0.05, 0) is 80.4 Å². The molecular weight excluding hydrogens is 304 g/mol. The molecule has 4 aliphatic rings. The maximum absolute atomic E-state index is 12.5. The van der Waals surface area contributed by atoms with Crippen LogP contribution in [0.3, 0.4) is 0 Å². The monoisotopic (exact) mass is 328 g/mol. The van der Waals surface area contributed by atoms with Crippen molar-refractivity contribution >= 4 is 17.7 Å². The number of carbonyl (C=O) groups is 2. The zero-order valence-corrected chi connectivity index (χ0v) is 13.9. The van der Waals surface area contributed by atoms with Gasteiger partial charge in [0.2, 0.25) is 0 Å². The highest BCUT2D eigenvalue weighted by Gasteiger charge is 2.48. The summed E-state index contributed by atoms with van der Waals surface area (Å²) in [5.74, 6) is 2.03. The van der Waals surface area contributed by atoms with Crippen molar-refractivity contribution in [3.63, 3.8) is 0 Å². The largest absolute Gasteiger partial charge is 0.478 e. The van der Waals surface area contributed by atoms with E-state index in [0.29, 0.717) is 23.1 Å². The number of aromatic carboxylic acids is 1. The fourth-order valence-electron chi connectivity index (χ4n) is 5.47. The van der Waals surface area contributed by atoms with Crippen LogP contribution in [0.5, 0.6) is 0 Å². The van der Waals surface area contributed by atoms with Crippen molar-refractivity contribution in [3.05, 3.63) is 29.3 Å². The standard InChI is InChI=1S/C19H24N2O3/c1-10-15(18(22)23)3-2-4-16(10)20-19(24)21-17-13-6-11-5-12(8-13)9-14(17)7-11/h2-4,11-14,17H,5-9H2,1H3,(H,22,23)(H2,20,21,24). The number of hydrogen-bond donors (Lipinski definition) is 3. The lowest BCUT2D eigenvalue weighted by atomic mass is 9.54. The Balaban J connectivity index is 1.44. The zero-order chi connectivity index (χ0) is 16.8. The molecule has 0 radical (unpaired) electrons. The fourth-order valence-corrected chi connectivity index (χ4v) is 5.47. The van der Waals surface area contributed by atoms with Crippen molar-refractivity contribution in [1.82, 2.24) is 5.32 Å². The number of urea groups is 1. The number of nitrogens with one attached hydrogen (secondary N) is 2. The van der Waals surface area contributed by atoms with Gasteiger partial charge in [0.1, 0.15) is 0 Å². The van der Waals surface area contributed by atoms with Gasteiger partial charge in [-0.1, -0.05) is 6.07 Å². The maximum atomic E-state index is 12.5. The summed E-state index contributed by atoms with van der Waals surface area (Å²) in [6.07, 6.45) is 6.42. The van der Waals surface area contributed by atoms with Gasteiger partial charge >= 0.3 is 12.0 Å². The molecule has 4 aliphatic carbocycles. The van der Waals surface area contributed by atoms with Gasteiger partial charge in [-0.15, -0.1) is 0 Å². The Morgan fingerprint density at radius 3 is 2.25 bits per heavy atom. The normalized spacial score (nSPS) is 33.3. The van der Waals surface area contributed by atoms with E-state index in [2.05, 4.69) is 10.6 Å². The van der Waals surface area contributed by atoms with E-state index in [1.54, 1.807) is 25.1 Å². The summed E-state index contributed by atoms with van der Waals surface area (Å²) in [7, 11) is 0. The summed E-state index contributed by atoms with van der Waals surface area (Å²) in [4.78, 5) is 23.7. The molecule has 24 heavy (non-hydrogen) atoms. The third-order valence-electron chi connectivity index (χ3n) is 6.34.